The molecule has 0 unspecified atom stereocenters. The minimum absolute atomic E-state index is 0.102. The van der Waals surface area contributed by atoms with Gasteiger partial charge in [-0.25, -0.2) is 13.2 Å². The Morgan fingerprint density at radius 3 is 2.60 bits per heavy atom. The Balaban J connectivity index is 1.48. The molecule has 1 fully saturated rings. The van der Waals surface area contributed by atoms with Gasteiger partial charge in [0.05, 0.1) is 17.0 Å². The largest absolute Gasteiger partial charge is 0.449 e. The highest BCUT2D eigenvalue weighted by molar-refractivity contribution is 7.93. The second-order valence-corrected chi connectivity index (χ2v) is 9.57. The van der Waals surface area contributed by atoms with Gasteiger partial charge in [-0.1, -0.05) is 24.3 Å². The van der Waals surface area contributed by atoms with Crippen molar-refractivity contribution in [1.82, 2.24) is 0 Å². The smallest absolute Gasteiger partial charge is 0.338 e. The van der Waals surface area contributed by atoms with Gasteiger partial charge >= 0.3 is 5.97 Å². The first-order valence-corrected chi connectivity index (χ1v) is 11.7. The number of ether oxygens (including phenoxy) is 1. The maximum absolute atomic E-state index is 13.0. The molecule has 2 aliphatic heterocycles. The Hall–Kier alpha value is -2.87. The van der Waals surface area contributed by atoms with Gasteiger partial charge in [0.25, 0.3) is 5.91 Å². The number of para-hydroxylation sites is 1. The van der Waals surface area contributed by atoms with Gasteiger partial charge in [-0.2, -0.15) is 0 Å². The molecule has 30 heavy (non-hydrogen) atoms. The van der Waals surface area contributed by atoms with Crippen LogP contribution in [0.4, 0.5) is 11.4 Å². The molecule has 0 aliphatic carbocycles. The summed E-state index contributed by atoms with van der Waals surface area (Å²) in [5, 5.41) is 0. The van der Waals surface area contributed by atoms with Gasteiger partial charge in [0.1, 0.15) is 0 Å². The van der Waals surface area contributed by atoms with Crippen LogP contribution in [-0.4, -0.2) is 45.2 Å². The van der Waals surface area contributed by atoms with Crippen LogP contribution in [0.25, 0.3) is 0 Å². The summed E-state index contributed by atoms with van der Waals surface area (Å²) >= 11 is 0. The van der Waals surface area contributed by atoms with E-state index in [0.717, 1.165) is 24.1 Å². The van der Waals surface area contributed by atoms with E-state index in [1.165, 1.54) is 10.4 Å². The molecule has 4 rings (SSSR count). The molecule has 0 radical (unpaired) electrons. The van der Waals surface area contributed by atoms with Crippen molar-refractivity contribution in [3.05, 3.63) is 59.7 Å². The lowest BCUT2D eigenvalue weighted by atomic mass is 10.0. The van der Waals surface area contributed by atoms with E-state index in [2.05, 4.69) is 0 Å². The Morgan fingerprint density at radius 2 is 1.83 bits per heavy atom. The maximum atomic E-state index is 13.0. The molecule has 1 atom stereocenters. The quantitative estimate of drug-likeness (QED) is 0.699. The fraction of sp³-hybridized carbons (Fsp3) is 0.364. The number of anilines is 2. The van der Waals surface area contributed by atoms with Crippen LogP contribution in [0.2, 0.25) is 0 Å². The molecule has 0 bridgehead atoms. The average molecular weight is 429 g/mol. The van der Waals surface area contributed by atoms with E-state index < -0.39 is 22.1 Å². The first-order valence-electron chi connectivity index (χ1n) is 10.1. The van der Waals surface area contributed by atoms with Crippen molar-refractivity contribution in [3.63, 3.8) is 0 Å². The van der Waals surface area contributed by atoms with E-state index in [9.17, 15) is 18.0 Å². The monoisotopic (exact) mass is 428 g/mol. The summed E-state index contributed by atoms with van der Waals surface area (Å²) in [4.78, 5) is 27.3. The normalized spacial score (nSPS) is 18.6. The molecular weight excluding hydrogens is 404 g/mol. The van der Waals surface area contributed by atoms with Crippen LogP contribution >= 0.6 is 0 Å². The van der Waals surface area contributed by atoms with Crippen LogP contribution in [-0.2, 0) is 26.0 Å². The highest BCUT2D eigenvalue weighted by Crippen LogP contribution is 2.28. The van der Waals surface area contributed by atoms with Crippen LogP contribution < -0.4 is 9.21 Å². The van der Waals surface area contributed by atoms with E-state index in [4.69, 9.17) is 4.74 Å². The second-order valence-electron chi connectivity index (χ2n) is 7.56. The molecule has 0 N–H and O–H groups in total. The predicted molar refractivity (Wildman–Crippen MR) is 114 cm³/mol. The van der Waals surface area contributed by atoms with Crippen LogP contribution in [0.3, 0.4) is 0 Å². The SMILES string of the molecule is C[C@@H](OC(=O)c1cccc(N2CCCS2(=O)=O)c1)C(=O)N1CCCc2ccccc21. The Bertz CT molecular complexity index is 1080. The summed E-state index contributed by atoms with van der Waals surface area (Å²) in [5.41, 5.74) is 2.62. The number of amides is 1. The molecule has 8 heteroatoms. The number of aryl methyl sites for hydroxylation is 1. The number of carbonyl (C=O) groups is 2. The zero-order valence-electron chi connectivity index (χ0n) is 16.8. The topological polar surface area (TPSA) is 84.0 Å². The summed E-state index contributed by atoms with van der Waals surface area (Å²) in [6.07, 6.45) is 1.37. The number of fused-ring (bicyclic) bond motifs is 1. The van der Waals surface area contributed by atoms with Crippen molar-refractivity contribution in [2.24, 2.45) is 0 Å². The number of sulfonamides is 1. The summed E-state index contributed by atoms with van der Waals surface area (Å²) in [6, 6.07) is 14.1. The average Bonchev–Trinajstić information content (AvgIpc) is 3.11. The lowest BCUT2D eigenvalue weighted by Crippen LogP contribution is -2.42. The highest BCUT2D eigenvalue weighted by Gasteiger charge is 2.30. The molecule has 2 aromatic rings. The lowest BCUT2D eigenvalue weighted by Gasteiger charge is -2.31. The van der Waals surface area contributed by atoms with Crippen LogP contribution in [0, 0.1) is 0 Å². The number of nitrogens with zero attached hydrogens (tertiary/aromatic N) is 2. The van der Waals surface area contributed by atoms with Crippen molar-refractivity contribution >= 4 is 33.3 Å². The van der Waals surface area contributed by atoms with Crippen molar-refractivity contribution in [1.29, 1.82) is 0 Å². The molecule has 158 valence electrons. The maximum Gasteiger partial charge on any atom is 0.338 e. The molecule has 0 saturated carbocycles. The third kappa shape index (κ3) is 3.92. The number of carbonyl (C=O) groups excluding carboxylic acids is 2. The zero-order valence-corrected chi connectivity index (χ0v) is 17.6. The molecule has 7 nitrogen and oxygen atoms in total. The molecule has 2 aromatic carbocycles. The van der Waals surface area contributed by atoms with Gasteiger partial charge in [0.2, 0.25) is 10.0 Å². The summed E-state index contributed by atoms with van der Waals surface area (Å²) < 4.78 is 31.0. The van der Waals surface area contributed by atoms with Gasteiger partial charge in [-0.3, -0.25) is 9.10 Å². The van der Waals surface area contributed by atoms with Crippen molar-refractivity contribution in [2.45, 2.75) is 32.3 Å². The van der Waals surface area contributed by atoms with E-state index in [-0.39, 0.29) is 17.2 Å². The Kier molecular flexibility index (Phi) is 5.51. The number of hydrogen-bond donors (Lipinski definition) is 0. The summed E-state index contributed by atoms with van der Waals surface area (Å²) in [5.74, 6) is -0.821. The second kappa shape index (κ2) is 8.10. The van der Waals surface area contributed by atoms with E-state index in [1.54, 1.807) is 30.0 Å². The fourth-order valence-electron chi connectivity index (χ4n) is 3.98. The van der Waals surface area contributed by atoms with Crippen molar-refractivity contribution < 1.29 is 22.7 Å². The molecule has 2 heterocycles. The number of esters is 1. The molecule has 0 aromatic heterocycles. The van der Waals surface area contributed by atoms with Gasteiger partial charge in [-0.05, 0) is 56.0 Å². The summed E-state index contributed by atoms with van der Waals surface area (Å²) in [7, 11) is -3.34. The summed E-state index contributed by atoms with van der Waals surface area (Å²) in [6.45, 7) is 2.54. The van der Waals surface area contributed by atoms with Crippen molar-refractivity contribution in [3.8, 4) is 0 Å². The van der Waals surface area contributed by atoms with Crippen LogP contribution in [0.15, 0.2) is 48.5 Å². The molecule has 0 spiro atoms. The number of rotatable bonds is 4. The first-order chi connectivity index (χ1) is 14.4. The van der Waals surface area contributed by atoms with Crippen molar-refractivity contribution in [2.75, 3.05) is 28.0 Å². The zero-order chi connectivity index (χ0) is 21.3. The third-order valence-corrected chi connectivity index (χ3v) is 7.35. The lowest BCUT2D eigenvalue weighted by molar-refractivity contribution is -0.126. The molecule has 1 amide bonds. The Morgan fingerprint density at radius 1 is 1.03 bits per heavy atom. The van der Waals surface area contributed by atoms with Crippen LogP contribution in [0.1, 0.15) is 35.7 Å². The standard InChI is InChI=1S/C22H24N2O5S/c1-16(21(25)23-12-5-9-17-7-2-3-11-20(17)23)29-22(26)18-8-4-10-19(15-18)24-13-6-14-30(24,27)28/h2-4,7-8,10-11,15-16H,5-6,9,12-14H2,1H3/t16-/m1/s1. The number of benzene rings is 2. The minimum atomic E-state index is -3.34. The van der Waals surface area contributed by atoms with E-state index >= 15 is 0 Å². The molecular formula is C22H24N2O5S. The first kappa shape index (κ1) is 20.4. The third-order valence-electron chi connectivity index (χ3n) is 5.48. The molecule has 2 aliphatic rings. The van der Waals surface area contributed by atoms with E-state index in [0.29, 0.717) is 25.2 Å². The predicted octanol–water partition coefficient (Wildman–Crippen LogP) is 2.75. The van der Waals surface area contributed by atoms with E-state index in [1.807, 2.05) is 24.3 Å². The van der Waals surface area contributed by atoms with Gasteiger partial charge < -0.3 is 9.64 Å². The number of hydrogen-bond acceptors (Lipinski definition) is 5. The minimum Gasteiger partial charge on any atom is -0.449 e. The van der Waals surface area contributed by atoms with Gasteiger partial charge in [0, 0.05) is 18.8 Å². The fourth-order valence-corrected chi connectivity index (χ4v) is 5.53. The Labute approximate surface area is 176 Å². The van der Waals surface area contributed by atoms with Gasteiger partial charge in [-0.15, -0.1) is 0 Å². The molecule has 1 saturated heterocycles. The van der Waals surface area contributed by atoms with Crippen LogP contribution in [0.5, 0.6) is 0 Å². The van der Waals surface area contributed by atoms with Gasteiger partial charge in [0.15, 0.2) is 6.10 Å². The highest BCUT2D eigenvalue weighted by atomic mass is 32.2.